The molecule has 6 heteroatoms. The number of rotatable bonds is 4. The lowest BCUT2D eigenvalue weighted by Crippen LogP contribution is -2.09. The summed E-state index contributed by atoms with van der Waals surface area (Å²) >= 11 is 6.01. The second-order valence-corrected chi connectivity index (χ2v) is 4.52. The number of carbonyl (C=O) groups excluding carboxylic acids is 1. The zero-order chi connectivity index (χ0) is 15.4. The van der Waals surface area contributed by atoms with E-state index in [0.29, 0.717) is 33.9 Å². The van der Waals surface area contributed by atoms with Crippen molar-refractivity contribution < 1.29 is 23.7 Å². The van der Waals surface area contributed by atoms with E-state index in [-0.39, 0.29) is 5.75 Å². The summed E-state index contributed by atoms with van der Waals surface area (Å²) in [7, 11) is 2.79. The molecule has 0 amide bonds. The predicted octanol–water partition coefficient (Wildman–Crippen LogP) is 4.05. The maximum absolute atomic E-state index is 11.4. The highest BCUT2D eigenvalue weighted by molar-refractivity contribution is 6.31. The van der Waals surface area contributed by atoms with Crippen molar-refractivity contribution in [1.29, 1.82) is 0 Å². The van der Waals surface area contributed by atoms with Gasteiger partial charge in [-0.25, -0.2) is 4.79 Å². The molecule has 0 saturated heterocycles. The van der Waals surface area contributed by atoms with Gasteiger partial charge in [-0.1, -0.05) is 11.6 Å². The summed E-state index contributed by atoms with van der Waals surface area (Å²) in [5, 5.41) is 1.91. The van der Waals surface area contributed by atoms with E-state index < -0.39 is 6.16 Å². The Hall–Kier alpha value is -2.14. The summed E-state index contributed by atoms with van der Waals surface area (Å²) in [5.74, 6) is 1.25. The standard InChI is InChI=1S/C15H15ClO5/c1-4-20-13-8-12(18-2)11-7-9(16)5-6-10(11)14(13)21-15(17)19-3/h5-8H,4H2,1-3H3. The van der Waals surface area contributed by atoms with Crippen molar-refractivity contribution in [2.75, 3.05) is 20.8 Å². The van der Waals surface area contributed by atoms with Crippen molar-refractivity contribution in [3.63, 3.8) is 0 Å². The Balaban J connectivity index is 2.71. The van der Waals surface area contributed by atoms with Crippen molar-refractivity contribution in [2.24, 2.45) is 0 Å². The van der Waals surface area contributed by atoms with Crippen molar-refractivity contribution in [2.45, 2.75) is 6.92 Å². The first-order chi connectivity index (χ1) is 10.1. The van der Waals surface area contributed by atoms with Crippen molar-refractivity contribution in [3.05, 3.63) is 29.3 Å². The van der Waals surface area contributed by atoms with Gasteiger partial charge < -0.3 is 18.9 Å². The number of benzene rings is 2. The third-order valence-corrected chi connectivity index (χ3v) is 3.08. The largest absolute Gasteiger partial charge is 0.513 e. The van der Waals surface area contributed by atoms with Crippen LogP contribution in [0, 0.1) is 0 Å². The fraction of sp³-hybridized carbons (Fsp3) is 0.267. The summed E-state index contributed by atoms with van der Waals surface area (Å²) in [4.78, 5) is 11.4. The second-order valence-electron chi connectivity index (χ2n) is 4.09. The van der Waals surface area contributed by atoms with E-state index >= 15 is 0 Å². The van der Waals surface area contributed by atoms with Gasteiger partial charge >= 0.3 is 6.16 Å². The van der Waals surface area contributed by atoms with Gasteiger partial charge in [0.05, 0.1) is 20.8 Å². The van der Waals surface area contributed by atoms with Crippen LogP contribution in [0.25, 0.3) is 10.8 Å². The molecule has 0 spiro atoms. The number of hydrogen-bond donors (Lipinski definition) is 0. The number of carbonyl (C=O) groups is 1. The van der Waals surface area contributed by atoms with Crippen LogP contribution in [0.15, 0.2) is 24.3 Å². The smallest absolute Gasteiger partial charge is 0.496 e. The predicted molar refractivity (Wildman–Crippen MR) is 79.7 cm³/mol. The molecule has 0 radical (unpaired) electrons. The molecule has 0 fully saturated rings. The first kappa shape index (κ1) is 15.3. The Labute approximate surface area is 127 Å². The van der Waals surface area contributed by atoms with Crippen LogP contribution < -0.4 is 14.2 Å². The fourth-order valence-corrected chi connectivity index (χ4v) is 2.15. The molecule has 2 rings (SSSR count). The molecule has 112 valence electrons. The molecular weight excluding hydrogens is 296 g/mol. The SMILES string of the molecule is CCOc1cc(OC)c2cc(Cl)ccc2c1OC(=O)OC. The molecule has 0 bridgehead atoms. The Morgan fingerprint density at radius 2 is 1.90 bits per heavy atom. The van der Waals surface area contributed by atoms with E-state index in [1.807, 2.05) is 6.92 Å². The van der Waals surface area contributed by atoms with E-state index in [0.717, 1.165) is 0 Å². The molecule has 0 aromatic heterocycles. The molecule has 0 unspecified atom stereocenters. The minimum atomic E-state index is -0.822. The van der Waals surface area contributed by atoms with Crippen LogP contribution in [0.1, 0.15) is 6.92 Å². The zero-order valence-corrected chi connectivity index (χ0v) is 12.7. The van der Waals surface area contributed by atoms with E-state index in [2.05, 4.69) is 4.74 Å². The van der Waals surface area contributed by atoms with Gasteiger partial charge in [0.1, 0.15) is 5.75 Å². The Bertz CT molecular complexity index is 669. The molecule has 2 aromatic carbocycles. The second kappa shape index (κ2) is 6.54. The number of fused-ring (bicyclic) bond motifs is 1. The number of methoxy groups -OCH3 is 2. The highest BCUT2D eigenvalue weighted by atomic mass is 35.5. The van der Waals surface area contributed by atoms with Crippen LogP contribution in [0.4, 0.5) is 4.79 Å². The Morgan fingerprint density at radius 3 is 2.52 bits per heavy atom. The van der Waals surface area contributed by atoms with Gasteiger partial charge in [-0.2, -0.15) is 0 Å². The molecule has 0 aliphatic carbocycles. The van der Waals surface area contributed by atoms with Crippen molar-refractivity contribution >= 4 is 28.5 Å². The summed E-state index contributed by atoms with van der Waals surface area (Å²) in [6.07, 6.45) is -0.822. The topological polar surface area (TPSA) is 54.0 Å². The van der Waals surface area contributed by atoms with Crippen molar-refractivity contribution in [3.8, 4) is 17.2 Å². The average Bonchev–Trinajstić information content (AvgIpc) is 2.49. The monoisotopic (exact) mass is 310 g/mol. The highest BCUT2D eigenvalue weighted by Crippen LogP contribution is 2.42. The maximum Gasteiger partial charge on any atom is 0.513 e. The summed E-state index contributed by atoms with van der Waals surface area (Å²) in [5.41, 5.74) is 0. The minimum absolute atomic E-state index is 0.274. The zero-order valence-electron chi connectivity index (χ0n) is 11.9. The van der Waals surface area contributed by atoms with Gasteiger partial charge in [-0.15, -0.1) is 0 Å². The van der Waals surface area contributed by atoms with Gasteiger partial charge in [-0.05, 0) is 25.1 Å². The average molecular weight is 311 g/mol. The number of hydrogen-bond acceptors (Lipinski definition) is 5. The van der Waals surface area contributed by atoms with Gasteiger partial charge in [0, 0.05) is 21.9 Å². The Kier molecular flexibility index (Phi) is 4.75. The quantitative estimate of drug-likeness (QED) is 0.630. The highest BCUT2D eigenvalue weighted by Gasteiger charge is 2.18. The first-order valence-electron chi connectivity index (χ1n) is 6.29. The molecule has 0 aliphatic heterocycles. The molecule has 0 aliphatic rings. The molecular formula is C15H15ClO5. The van der Waals surface area contributed by atoms with E-state index in [1.165, 1.54) is 7.11 Å². The molecule has 0 saturated carbocycles. The van der Waals surface area contributed by atoms with Crippen LogP contribution in [-0.2, 0) is 4.74 Å². The molecule has 2 aromatic rings. The number of halogens is 1. The fourth-order valence-electron chi connectivity index (χ4n) is 1.98. The lowest BCUT2D eigenvalue weighted by atomic mass is 10.1. The Morgan fingerprint density at radius 1 is 1.14 bits per heavy atom. The first-order valence-corrected chi connectivity index (χ1v) is 6.67. The third-order valence-electron chi connectivity index (χ3n) is 2.85. The van der Waals surface area contributed by atoms with Crippen LogP contribution >= 0.6 is 11.6 Å². The molecule has 0 atom stereocenters. The molecule has 0 heterocycles. The summed E-state index contributed by atoms with van der Waals surface area (Å²) in [6.45, 7) is 2.25. The van der Waals surface area contributed by atoms with Gasteiger partial charge in [0.2, 0.25) is 0 Å². The summed E-state index contributed by atoms with van der Waals surface area (Å²) in [6, 6.07) is 6.82. The van der Waals surface area contributed by atoms with Gasteiger partial charge in [0.25, 0.3) is 0 Å². The van der Waals surface area contributed by atoms with Crippen LogP contribution in [-0.4, -0.2) is 27.0 Å². The lowest BCUT2D eigenvalue weighted by Gasteiger charge is -2.15. The summed E-state index contributed by atoms with van der Waals surface area (Å²) < 4.78 is 20.6. The molecule has 0 N–H and O–H groups in total. The third kappa shape index (κ3) is 3.13. The van der Waals surface area contributed by atoms with Crippen molar-refractivity contribution in [1.82, 2.24) is 0 Å². The normalized spacial score (nSPS) is 10.3. The van der Waals surface area contributed by atoms with Crippen LogP contribution in [0.5, 0.6) is 17.2 Å². The minimum Gasteiger partial charge on any atom is -0.496 e. The number of ether oxygens (including phenoxy) is 4. The maximum atomic E-state index is 11.4. The molecule has 21 heavy (non-hydrogen) atoms. The van der Waals surface area contributed by atoms with Crippen LogP contribution in [0.3, 0.4) is 0 Å². The van der Waals surface area contributed by atoms with E-state index in [1.54, 1.807) is 31.4 Å². The van der Waals surface area contributed by atoms with E-state index in [9.17, 15) is 4.79 Å². The van der Waals surface area contributed by atoms with E-state index in [4.69, 9.17) is 25.8 Å². The van der Waals surface area contributed by atoms with Crippen LogP contribution in [0.2, 0.25) is 5.02 Å². The lowest BCUT2D eigenvalue weighted by molar-refractivity contribution is 0.120. The van der Waals surface area contributed by atoms with Gasteiger partial charge in [0.15, 0.2) is 11.5 Å². The van der Waals surface area contributed by atoms with Gasteiger partial charge in [-0.3, -0.25) is 0 Å². The molecule has 5 nitrogen and oxygen atoms in total.